The zero-order valence-corrected chi connectivity index (χ0v) is 22.4. The van der Waals surface area contributed by atoms with Gasteiger partial charge in [0.15, 0.2) is 0 Å². The molecule has 4 nitrogen and oxygen atoms in total. The van der Waals surface area contributed by atoms with Gasteiger partial charge in [-0.15, -0.1) is 0 Å². The fourth-order valence-electron chi connectivity index (χ4n) is 11.5. The third kappa shape index (κ3) is 2.72. The highest BCUT2D eigenvalue weighted by molar-refractivity contribution is 5.90. The predicted molar refractivity (Wildman–Crippen MR) is 136 cm³/mol. The van der Waals surface area contributed by atoms with Crippen LogP contribution in [0.1, 0.15) is 106 Å². The van der Waals surface area contributed by atoms with Gasteiger partial charge in [0.25, 0.3) is 0 Å². The number of hydrogen-bond acceptors (Lipinski definition) is 3. The Hall–Kier alpha value is -1.32. The van der Waals surface area contributed by atoms with Crippen LogP contribution in [-0.2, 0) is 4.79 Å². The number of oxime groups is 1. The van der Waals surface area contributed by atoms with E-state index >= 15 is 0 Å². The Bertz CT molecular complexity index is 937. The van der Waals surface area contributed by atoms with Gasteiger partial charge in [0.05, 0.1) is 11.1 Å². The zero-order chi connectivity index (χ0) is 24.9. The van der Waals surface area contributed by atoms with Crippen molar-refractivity contribution in [3.63, 3.8) is 0 Å². The summed E-state index contributed by atoms with van der Waals surface area (Å²) in [6.07, 6.45) is 10.5. The number of rotatable bonds is 2. The van der Waals surface area contributed by atoms with E-state index in [1.54, 1.807) is 0 Å². The first kappa shape index (κ1) is 24.4. The Morgan fingerprint density at radius 3 is 2.24 bits per heavy atom. The molecule has 9 atom stereocenters. The lowest BCUT2D eigenvalue weighted by Crippen LogP contribution is -2.66. The first-order valence-corrected chi connectivity index (χ1v) is 13.9. The molecular formula is C30H47NO3. The van der Waals surface area contributed by atoms with E-state index in [4.69, 9.17) is 0 Å². The van der Waals surface area contributed by atoms with Gasteiger partial charge in [-0.05, 0) is 117 Å². The van der Waals surface area contributed by atoms with Gasteiger partial charge in [-0.25, -0.2) is 0 Å². The maximum absolute atomic E-state index is 12.8. The highest BCUT2D eigenvalue weighted by atomic mass is 16.4. The third-order valence-corrected chi connectivity index (χ3v) is 13.4. The Kier molecular flexibility index (Phi) is 5.27. The second kappa shape index (κ2) is 7.35. The van der Waals surface area contributed by atoms with E-state index in [1.807, 2.05) is 0 Å². The highest BCUT2D eigenvalue weighted by Gasteiger charge is 2.71. The fraction of sp³-hybridized carbons (Fsp3) is 0.867. The summed E-state index contributed by atoms with van der Waals surface area (Å²) < 4.78 is 0. The van der Waals surface area contributed by atoms with Crippen LogP contribution < -0.4 is 0 Å². The maximum atomic E-state index is 12.8. The number of nitrogens with zero attached hydrogens (tertiary/aromatic N) is 1. The molecule has 5 aliphatic carbocycles. The van der Waals surface area contributed by atoms with Crippen molar-refractivity contribution in [2.24, 2.45) is 61.8 Å². The first-order chi connectivity index (χ1) is 15.8. The number of carbonyl (C=O) groups is 1. The van der Waals surface area contributed by atoms with Crippen LogP contribution in [-0.4, -0.2) is 22.0 Å². The predicted octanol–water partition coefficient (Wildman–Crippen LogP) is 7.56. The van der Waals surface area contributed by atoms with E-state index in [9.17, 15) is 15.1 Å². The number of carboxylic acid groups (broad SMARTS) is 1. The van der Waals surface area contributed by atoms with E-state index in [1.165, 1.54) is 24.8 Å². The average Bonchev–Trinajstić information content (AvgIpc) is 3.15. The summed E-state index contributed by atoms with van der Waals surface area (Å²) in [5.74, 6) is 1.69. The van der Waals surface area contributed by atoms with Crippen molar-refractivity contribution in [3.05, 3.63) is 12.2 Å². The number of carboxylic acids is 1. The molecule has 0 aromatic rings. The molecule has 0 radical (unpaired) electrons. The van der Waals surface area contributed by atoms with Crippen molar-refractivity contribution >= 4 is 11.7 Å². The van der Waals surface area contributed by atoms with E-state index in [0.717, 1.165) is 50.7 Å². The Morgan fingerprint density at radius 1 is 0.912 bits per heavy atom. The van der Waals surface area contributed by atoms with Crippen LogP contribution in [0.2, 0.25) is 0 Å². The monoisotopic (exact) mass is 469 g/mol. The van der Waals surface area contributed by atoms with Gasteiger partial charge >= 0.3 is 5.97 Å². The summed E-state index contributed by atoms with van der Waals surface area (Å²) >= 11 is 0. The van der Waals surface area contributed by atoms with E-state index < -0.39 is 11.4 Å². The largest absolute Gasteiger partial charge is 0.481 e. The molecule has 0 amide bonds. The molecule has 4 heteroatoms. The minimum absolute atomic E-state index is 0.0671. The molecule has 2 N–H and O–H groups in total. The maximum Gasteiger partial charge on any atom is 0.309 e. The SMILES string of the molecule is C=C(C)C1CC[C@]2(C(=O)O)CC[C@]3(C)C(CCC4C3(C)CCC3C(C)(C)/C(=N/O)CC[C@@]34C)C12. The minimum atomic E-state index is -0.545. The topological polar surface area (TPSA) is 69.9 Å². The molecule has 5 rings (SSSR count). The van der Waals surface area contributed by atoms with Gasteiger partial charge in [0.1, 0.15) is 0 Å². The van der Waals surface area contributed by atoms with Crippen molar-refractivity contribution in [2.45, 2.75) is 106 Å². The normalized spacial score (nSPS) is 52.8. The van der Waals surface area contributed by atoms with Gasteiger partial charge in [-0.3, -0.25) is 4.79 Å². The minimum Gasteiger partial charge on any atom is -0.481 e. The van der Waals surface area contributed by atoms with Crippen LogP contribution >= 0.6 is 0 Å². The molecule has 6 unspecified atom stereocenters. The fourth-order valence-corrected chi connectivity index (χ4v) is 11.5. The molecule has 0 aliphatic heterocycles. The summed E-state index contributed by atoms with van der Waals surface area (Å²) in [6.45, 7) is 18.8. The molecule has 5 fully saturated rings. The molecule has 0 spiro atoms. The molecule has 0 saturated heterocycles. The lowest BCUT2D eigenvalue weighted by molar-refractivity contribution is -0.230. The number of allylic oxidation sites excluding steroid dienone is 1. The van der Waals surface area contributed by atoms with Crippen LogP contribution in [0.15, 0.2) is 17.3 Å². The van der Waals surface area contributed by atoms with Crippen molar-refractivity contribution < 1.29 is 15.1 Å². The van der Waals surface area contributed by atoms with Gasteiger partial charge in [-0.1, -0.05) is 51.9 Å². The molecule has 5 saturated carbocycles. The van der Waals surface area contributed by atoms with Crippen molar-refractivity contribution in [1.82, 2.24) is 0 Å². The van der Waals surface area contributed by atoms with E-state index in [0.29, 0.717) is 23.7 Å². The number of aliphatic carboxylic acids is 1. The Balaban J connectivity index is 1.56. The molecule has 34 heavy (non-hydrogen) atoms. The van der Waals surface area contributed by atoms with Crippen LogP contribution in [0.3, 0.4) is 0 Å². The second-order valence-corrected chi connectivity index (χ2v) is 14.4. The van der Waals surface area contributed by atoms with Crippen LogP contribution in [0.4, 0.5) is 0 Å². The summed E-state index contributed by atoms with van der Waals surface area (Å²) in [5.41, 5.74) is 2.20. The highest BCUT2D eigenvalue weighted by Crippen LogP contribution is 2.77. The van der Waals surface area contributed by atoms with Crippen LogP contribution in [0.25, 0.3) is 0 Å². The summed E-state index contributed by atoms with van der Waals surface area (Å²) in [5, 5.41) is 24.0. The molecule has 190 valence electrons. The Morgan fingerprint density at radius 2 is 1.62 bits per heavy atom. The lowest BCUT2D eigenvalue weighted by Gasteiger charge is -2.72. The van der Waals surface area contributed by atoms with E-state index in [-0.39, 0.29) is 27.6 Å². The Labute approximate surface area is 206 Å². The molecule has 0 heterocycles. The quantitative estimate of drug-likeness (QED) is 0.249. The zero-order valence-electron chi connectivity index (χ0n) is 22.4. The number of fused-ring (bicyclic) bond motifs is 7. The second-order valence-electron chi connectivity index (χ2n) is 14.4. The summed E-state index contributed by atoms with van der Waals surface area (Å²) in [7, 11) is 0. The standard InChI is InChI=1S/C30H47NO3/c1-18(2)19-10-15-30(25(32)33)17-16-28(6)20(24(19)30)8-9-22-27(5)13-12-23(31-34)26(3,4)21(27)11-14-29(22,28)7/h19-22,24,34H,1,8-17H2,2-7H3,(H,32,33)/b31-23+/t19?,20?,21?,22?,24?,27-,28+,29?,30-/m0/s1. The lowest BCUT2D eigenvalue weighted by atomic mass is 9.32. The van der Waals surface area contributed by atoms with Crippen molar-refractivity contribution in [2.75, 3.05) is 0 Å². The van der Waals surface area contributed by atoms with Crippen molar-refractivity contribution in [1.29, 1.82) is 0 Å². The van der Waals surface area contributed by atoms with Crippen LogP contribution in [0.5, 0.6) is 0 Å². The van der Waals surface area contributed by atoms with Gasteiger partial charge in [0, 0.05) is 5.41 Å². The summed E-state index contributed by atoms with van der Waals surface area (Å²) in [4.78, 5) is 12.8. The first-order valence-electron chi connectivity index (χ1n) is 13.9. The van der Waals surface area contributed by atoms with Gasteiger partial charge < -0.3 is 10.3 Å². The van der Waals surface area contributed by atoms with Gasteiger partial charge in [0.2, 0.25) is 0 Å². The average molecular weight is 470 g/mol. The molecule has 0 aromatic carbocycles. The van der Waals surface area contributed by atoms with E-state index in [2.05, 4.69) is 53.3 Å². The molecular weight excluding hydrogens is 422 g/mol. The van der Waals surface area contributed by atoms with Crippen molar-refractivity contribution in [3.8, 4) is 0 Å². The third-order valence-electron chi connectivity index (χ3n) is 13.4. The molecule has 0 aromatic heterocycles. The van der Waals surface area contributed by atoms with Crippen LogP contribution in [0, 0.1) is 56.7 Å². The summed E-state index contributed by atoms with van der Waals surface area (Å²) in [6, 6.07) is 0. The van der Waals surface area contributed by atoms with Gasteiger partial charge in [-0.2, -0.15) is 0 Å². The number of hydrogen-bond donors (Lipinski definition) is 2. The smallest absolute Gasteiger partial charge is 0.309 e. The molecule has 0 bridgehead atoms. The molecule has 5 aliphatic rings.